The first-order chi connectivity index (χ1) is 10.1. The summed E-state index contributed by atoms with van der Waals surface area (Å²) in [6.07, 6.45) is 0.508. The minimum Gasteiger partial charge on any atom is -0.473 e. The molecule has 0 amide bonds. The van der Waals surface area contributed by atoms with Crippen molar-refractivity contribution >= 4 is 0 Å². The normalized spacial score (nSPS) is 10.9. The highest BCUT2D eigenvalue weighted by Gasteiger charge is 2.14. The maximum Gasteiger partial charge on any atom is 0.220 e. The zero-order valence-electron chi connectivity index (χ0n) is 12.8. The van der Waals surface area contributed by atoms with Gasteiger partial charge in [-0.2, -0.15) is 4.98 Å². The lowest BCUT2D eigenvalue weighted by molar-refractivity contribution is 0.274. The lowest BCUT2D eigenvalue weighted by Gasteiger charge is -2.15. The topological polar surface area (TPSA) is 55.2 Å². The van der Waals surface area contributed by atoms with E-state index in [1.165, 1.54) is 0 Å². The third-order valence-corrected chi connectivity index (χ3v) is 3.29. The monoisotopic (exact) mass is 286 g/mol. The Labute approximate surface area is 125 Å². The summed E-state index contributed by atoms with van der Waals surface area (Å²) in [5.41, 5.74) is 2.86. The van der Waals surface area contributed by atoms with Crippen LogP contribution < -0.4 is 4.74 Å². The molecule has 0 atom stereocenters. The van der Waals surface area contributed by atoms with Crippen LogP contribution in [0.1, 0.15) is 42.4 Å². The standard InChI is InChI=1S/C17H22N2O2/c1-12(2)16-18-13(3)15(9-10-20)17(19-16)21-11-14-7-5-4-6-8-14/h4-8,12,20H,9-11H2,1-3H3. The van der Waals surface area contributed by atoms with Gasteiger partial charge in [-0.1, -0.05) is 44.2 Å². The molecule has 1 aromatic heterocycles. The fraction of sp³-hybridized carbons (Fsp3) is 0.412. The van der Waals surface area contributed by atoms with Crippen molar-refractivity contribution in [1.82, 2.24) is 9.97 Å². The van der Waals surface area contributed by atoms with Gasteiger partial charge in [-0.05, 0) is 12.5 Å². The number of aliphatic hydroxyl groups is 1. The molecule has 112 valence electrons. The Bertz CT molecular complexity index is 583. The predicted octanol–water partition coefficient (Wildman–Crippen LogP) is 3.02. The van der Waals surface area contributed by atoms with E-state index in [1.54, 1.807) is 0 Å². The number of hydrogen-bond donors (Lipinski definition) is 1. The average molecular weight is 286 g/mol. The second-order valence-electron chi connectivity index (χ2n) is 5.35. The fourth-order valence-corrected chi connectivity index (χ4v) is 2.09. The number of benzene rings is 1. The first-order valence-electron chi connectivity index (χ1n) is 7.26. The molecule has 4 heteroatoms. The minimum absolute atomic E-state index is 0.0624. The van der Waals surface area contributed by atoms with E-state index in [9.17, 15) is 5.11 Å². The smallest absolute Gasteiger partial charge is 0.220 e. The summed E-state index contributed by atoms with van der Waals surface area (Å²) in [6, 6.07) is 9.98. The molecule has 0 saturated heterocycles. The average Bonchev–Trinajstić information content (AvgIpc) is 2.48. The van der Waals surface area contributed by atoms with Gasteiger partial charge in [0.1, 0.15) is 12.4 Å². The van der Waals surface area contributed by atoms with Gasteiger partial charge >= 0.3 is 0 Å². The molecule has 0 radical (unpaired) electrons. The molecule has 0 bridgehead atoms. The van der Waals surface area contributed by atoms with Crippen LogP contribution in [0.4, 0.5) is 0 Å². The molecule has 0 aliphatic heterocycles. The number of aryl methyl sites for hydroxylation is 1. The summed E-state index contributed by atoms with van der Waals surface area (Å²) >= 11 is 0. The molecule has 2 rings (SSSR count). The third kappa shape index (κ3) is 4.02. The lowest BCUT2D eigenvalue weighted by atomic mass is 10.1. The number of hydrogen-bond acceptors (Lipinski definition) is 4. The maximum atomic E-state index is 9.22. The Kier molecular flexibility index (Phi) is 5.28. The molecule has 0 saturated carbocycles. The molecular formula is C17H22N2O2. The number of aromatic nitrogens is 2. The molecule has 2 aromatic rings. The summed E-state index contributed by atoms with van der Waals surface area (Å²) in [5.74, 6) is 1.60. The van der Waals surface area contributed by atoms with Crippen LogP contribution in [0.2, 0.25) is 0 Å². The molecule has 1 heterocycles. The Morgan fingerprint density at radius 2 is 1.86 bits per heavy atom. The van der Waals surface area contributed by atoms with Crippen LogP contribution in [0, 0.1) is 6.92 Å². The van der Waals surface area contributed by atoms with Crippen LogP contribution in [0.3, 0.4) is 0 Å². The van der Waals surface area contributed by atoms with Crippen LogP contribution in [0.15, 0.2) is 30.3 Å². The largest absolute Gasteiger partial charge is 0.473 e. The fourth-order valence-electron chi connectivity index (χ4n) is 2.09. The van der Waals surface area contributed by atoms with Crippen LogP contribution in [0.5, 0.6) is 5.88 Å². The minimum atomic E-state index is 0.0624. The molecule has 0 fully saturated rings. The number of aliphatic hydroxyl groups excluding tert-OH is 1. The van der Waals surface area contributed by atoms with Gasteiger partial charge in [0.15, 0.2) is 0 Å². The molecule has 21 heavy (non-hydrogen) atoms. The van der Waals surface area contributed by atoms with E-state index >= 15 is 0 Å². The molecule has 0 aliphatic carbocycles. The van der Waals surface area contributed by atoms with Crippen molar-refractivity contribution in [2.75, 3.05) is 6.61 Å². The highest BCUT2D eigenvalue weighted by molar-refractivity contribution is 5.31. The summed E-state index contributed by atoms with van der Waals surface area (Å²) in [7, 11) is 0. The molecule has 0 aliphatic rings. The van der Waals surface area contributed by atoms with Crippen molar-refractivity contribution in [3.05, 3.63) is 53.0 Å². The van der Waals surface area contributed by atoms with E-state index in [0.29, 0.717) is 18.9 Å². The van der Waals surface area contributed by atoms with Crippen molar-refractivity contribution in [3.8, 4) is 5.88 Å². The second kappa shape index (κ2) is 7.18. The maximum absolute atomic E-state index is 9.22. The third-order valence-electron chi connectivity index (χ3n) is 3.29. The summed E-state index contributed by atoms with van der Waals surface area (Å²) < 4.78 is 5.89. The first kappa shape index (κ1) is 15.4. The van der Waals surface area contributed by atoms with Crippen LogP contribution >= 0.6 is 0 Å². The Hall–Kier alpha value is -1.94. The molecule has 1 aromatic carbocycles. The summed E-state index contributed by atoms with van der Waals surface area (Å²) in [4.78, 5) is 9.03. The molecule has 4 nitrogen and oxygen atoms in total. The van der Waals surface area contributed by atoms with Crippen LogP contribution in [-0.2, 0) is 13.0 Å². The van der Waals surface area contributed by atoms with Gasteiger partial charge in [0.25, 0.3) is 0 Å². The molecule has 0 unspecified atom stereocenters. The Morgan fingerprint density at radius 3 is 2.48 bits per heavy atom. The van der Waals surface area contributed by atoms with Gasteiger partial charge in [-0.25, -0.2) is 4.98 Å². The zero-order valence-corrected chi connectivity index (χ0v) is 12.8. The first-order valence-corrected chi connectivity index (χ1v) is 7.26. The quantitative estimate of drug-likeness (QED) is 0.887. The van der Waals surface area contributed by atoms with Crippen molar-refractivity contribution in [1.29, 1.82) is 0 Å². The van der Waals surface area contributed by atoms with E-state index in [1.807, 2.05) is 37.3 Å². The van der Waals surface area contributed by atoms with Crippen molar-refractivity contribution in [2.45, 2.75) is 39.7 Å². The molecular weight excluding hydrogens is 264 g/mol. The van der Waals surface area contributed by atoms with Gasteiger partial charge in [0, 0.05) is 30.2 Å². The van der Waals surface area contributed by atoms with Gasteiger partial charge in [-0.3, -0.25) is 0 Å². The number of rotatable bonds is 6. The lowest BCUT2D eigenvalue weighted by Crippen LogP contribution is -2.10. The van der Waals surface area contributed by atoms with E-state index in [2.05, 4.69) is 23.8 Å². The van der Waals surface area contributed by atoms with E-state index in [0.717, 1.165) is 22.6 Å². The Morgan fingerprint density at radius 1 is 1.14 bits per heavy atom. The van der Waals surface area contributed by atoms with Crippen LogP contribution in [0.25, 0.3) is 0 Å². The second-order valence-corrected chi connectivity index (χ2v) is 5.35. The van der Waals surface area contributed by atoms with Gasteiger partial charge in [0.05, 0.1) is 0 Å². The highest BCUT2D eigenvalue weighted by Crippen LogP contribution is 2.23. The van der Waals surface area contributed by atoms with Gasteiger partial charge in [-0.15, -0.1) is 0 Å². The van der Waals surface area contributed by atoms with Gasteiger partial charge < -0.3 is 9.84 Å². The van der Waals surface area contributed by atoms with Gasteiger partial charge in [0.2, 0.25) is 5.88 Å². The SMILES string of the molecule is Cc1nc(C(C)C)nc(OCc2ccccc2)c1CCO. The van der Waals surface area contributed by atoms with Crippen LogP contribution in [-0.4, -0.2) is 21.7 Å². The van der Waals surface area contributed by atoms with E-state index in [-0.39, 0.29) is 12.5 Å². The highest BCUT2D eigenvalue weighted by atomic mass is 16.5. The van der Waals surface area contributed by atoms with E-state index < -0.39 is 0 Å². The zero-order chi connectivity index (χ0) is 15.2. The predicted molar refractivity (Wildman–Crippen MR) is 82.4 cm³/mol. The molecule has 1 N–H and O–H groups in total. The summed E-state index contributed by atoms with van der Waals surface area (Å²) in [5, 5.41) is 9.22. The van der Waals surface area contributed by atoms with E-state index in [4.69, 9.17) is 4.74 Å². The van der Waals surface area contributed by atoms with Crippen molar-refractivity contribution < 1.29 is 9.84 Å². The number of nitrogens with zero attached hydrogens (tertiary/aromatic N) is 2. The summed E-state index contributed by atoms with van der Waals surface area (Å²) in [6.45, 7) is 6.58. The number of ether oxygens (including phenoxy) is 1. The van der Waals surface area contributed by atoms with Crippen molar-refractivity contribution in [2.24, 2.45) is 0 Å². The van der Waals surface area contributed by atoms with Crippen molar-refractivity contribution in [3.63, 3.8) is 0 Å². The Balaban J connectivity index is 2.26. The molecule has 0 spiro atoms.